The topological polar surface area (TPSA) is 72.9 Å². The molecule has 0 unspecified atom stereocenters. The van der Waals surface area contributed by atoms with Crippen molar-refractivity contribution in [3.05, 3.63) is 40.2 Å². The fourth-order valence-corrected chi connectivity index (χ4v) is 1.83. The molecule has 0 radical (unpaired) electrons. The van der Waals surface area contributed by atoms with E-state index in [4.69, 9.17) is 5.73 Å². The average Bonchev–Trinajstić information content (AvgIpc) is 2.64. The van der Waals surface area contributed by atoms with Crippen LogP contribution in [0.4, 0.5) is 15.9 Å². The number of aromatic nitrogens is 2. The fraction of sp³-hybridized carbons (Fsp3) is 0.0909. The molecule has 0 aliphatic carbocycles. The molecule has 0 saturated carbocycles. The van der Waals surface area contributed by atoms with Gasteiger partial charge in [0.2, 0.25) is 0 Å². The van der Waals surface area contributed by atoms with E-state index >= 15 is 0 Å². The van der Waals surface area contributed by atoms with Crippen LogP contribution in [0.25, 0.3) is 0 Å². The van der Waals surface area contributed by atoms with Crippen molar-refractivity contribution in [3.63, 3.8) is 0 Å². The van der Waals surface area contributed by atoms with Crippen LogP contribution in [0.5, 0.6) is 0 Å². The van der Waals surface area contributed by atoms with Gasteiger partial charge in [-0.3, -0.25) is 9.48 Å². The summed E-state index contributed by atoms with van der Waals surface area (Å²) in [7, 11) is 1.63. The Kier molecular flexibility index (Phi) is 3.33. The highest BCUT2D eigenvalue weighted by atomic mass is 79.9. The molecular formula is C11H10BrFN4O. The van der Waals surface area contributed by atoms with Crippen molar-refractivity contribution >= 4 is 33.3 Å². The molecule has 1 heterocycles. The van der Waals surface area contributed by atoms with Crippen molar-refractivity contribution in [1.82, 2.24) is 9.78 Å². The third-order valence-corrected chi connectivity index (χ3v) is 3.01. The van der Waals surface area contributed by atoms with Crippen molar-refractivity contribution in [1.29, 1.82) is 0 Å². The summed E-state index contributed by atoms with van der Waals surface area (Å²) in [6.07, 6.45) is 1.41. The first kappa shape index (κ1) is 12.6. The molecule has 7 heteroatoms. The van der Waals surface area contributed by atoms with Crippen LogP contribution < -0.4 is 11.1 Å². The molecule has 0 aliphatic rings. The first-order valence-corrected chi connectivity index (χ1v) is 5.83. The maximum absolute atomic E-state index is 13.7. The second-order valence-electron chi connectivity index (χ2n) is 3.63. The van der Waals surface area contributed by atoms with E-state index in [2.05, 4.69) is 26.3 Å². The minimum atomic E-state index is -0.615. The number of carbonyl (C=O) groups excluding carboxylic acids is 1. The predicted molar refractivity (Wildman–Crippen MR) is 69.7 cm³/mol. The highest BCUT2D eigenvalue weighted by molar-refractivity contribution is 9.10. The number of aryl methyl sites for hydroxylation is 1. The Balaban J connectivity index is 2.31. The van der Waals surface area contributed by atoms with Crippen LogP contribution >= 0.6 is 15.9 Å². The van der Waals surface area contributed by atoms with E-state index in [9.17, 15) is 9.18 Å². The lowest BCUT2D eigenvalue weighted by Gasteiger charge is -2.07. The number of amides is 1. The minimum Gasteiger partial charge on any atom is -0.394 e. The van der Waals surface area contributed by atoms with Gasteiger partial charge in [-0.2, -0.15) is 5.10 Å². The lowest BCUT2D eigenvalue weighted by molar-refractivity contribution is 0.102. The summed E-state index contributed by atoms with van der Waals surface area (Å²) in [5, 5.41) is 6.40. The van der Waals surface area contributed by atoms with E-state index in [1.807, 2.05) is 0 Å². The van der Waals surface area contributed by atoms with Crippen molar-refractivity contribution < 1.29 is 9.18 Å². The van der Waals surface area contributed by atoms with E-state index in [-0.39, 0.29) is 10.0 Å². The molecule has 5 nitrogen and oxygen atoms in total. The van der Waals surface area contributed by atoms with Crippen LogP contribution in [0.15, 0.2) is 28.9 Å². The van der Waals surface area contributed by atoms with Gasteiger partial charge in [0.05, 0.1) is 21.9 Å². The Morgan fingerprint density at radius 2 is 2.28 bits per heavy atom. The van der Waals surface area contributed by atoms with Crippen LogP contribution in [-0.2, 0) is 7.05 Å². The van der Waals surface area contributed by atoms with Gasteiger partial charge in [-0.15, -0.1) is 0 Å². The Morgan fingerprint density at radius 1 is 1.56 bits per heavy atom. The molecule has 0 fully saturated rings. The fourth-order valence-electron chi connectivity index (χ4n) is 1.46. The summed E-state index contributed by atoms with van der Waals surface area (Å²) in [6.45, 7) is 0. The van der Waals surface area contributed by atoms with Gasteiger partial charge >= 0.3 is 0 Å². The zero-order valence-corrected chi connectivity index (χ0v) is 11.0. The second-order valence-corrected chi connectivity index (χ2v) is 4.48. The Morgan fingerprint density at radius 3 is 2.89 bits per heavy atom. The number of hydrogen-bond acceptors (Lipinski definition) is 3. The van der Waals surface area contributed by atoms with Crippen LogP contribution in [-0.4, -0.2) is 15.7 Å². The van der Waals surface area contributed by atoms with E-state index in [1.54, 1.807) is 13.1 Å². The standard InChI is InChI=1S/C11H10BrFN4O/c1-17-10(8(14)5-15-17)16-11(18)6-3-2-4-7(12)9(6)13/h2-5H,14H2,1H3,(H,16,18). The number of nitrogens with two attached hydrogens (primary N) is 1. The largest absolute Gasteiger partial charge is 0.394 e. The van der Waals surface area contributed by atoms with Crippen LogP contribution in [0.3, 0.4) is 0 Å². The summed E-state index contributed by atoms with van der Waals surface area (Å²) in [6, 6.07) is 4.49. The van der Waals surface area contributed by atoms with Crippen molar-refractivity contribution in [2.75, 3.05) is 11.1 Å². The van der Waals surface area contributed by atoms with Crippen LogP contribution in [0.2, 0.25) is 0 Å². The summed E-state index contributed by atoms with van der Waals surface area (Å²) >= 11 is 3.02. The van der Waals surface area contributed by atoms with Crippen molar-refractivity contribution in [2.45, 2.75) is 0 Å². The first-order chi connectivity index (χ1) is 8.50. The second kappa shape index (κ2) is 4.77. The van der Waals surface area contributed by atoms with Crippen molar-refractivity contribution in [3.8, 4) is 0 Å². The number of rotatable bonds is 2. The zero-order valence-electron chi connectivity index (χ0n) is 9.45. The quantitative estimate of drug-likeness (QED) is 0.892. The smallest absolute Gasteiger partial charge is 0.259 e. The van der Waals surface area contributed by atoms with Gasteiger partial charge in [-0.05, 0) is 28.1 Å². The predicted octanol–water partition coefficient (Wildman–Crippen LogP) is 2.16. The summed E-state index contributed by atoms with van der Waals surface area (Å²) < 4.78 is 15.4. The number of hydrogen-bond donors (Lipinski definition) is 2. The number of carbonyl (C=O) groups is 1. The number of nitrogen functional groups attached to an aromatic ring is 1. The molecule has 3 N–H and O–H groups in total. The molecular weight excluding hydrogens is 303 g/mol. The lowest BCUT2D eigenvalue weighted by atomic mass is 10.2. The summed E-state index contributed by atoms with van der Waals surface area (Å²) in [5.41, 5.74) is 5.89. The van der Waals surface area contributed by atoms with Gasteiger partial charge in [0.25, 0.3) is 5.91 Å². The normalized spacial score (nSPS) is 10.4. The van der Waals surface area contributed by atoms with E-state index in [1.165, 1.54) is 23.0 Å². The third kappa shape index (κ3) is 2.21. The summed E-state index contributed by atoms with van der Waals surface area (Å²) in [4.78, 5) is 11.9. The number of anilines is 2. The highest BCUT2D eigenvalue weighted by Gasteiger charge is 2.16. The molecule has 0 spiro atoms. The number of benzene rings is 1. The number of halogens is 2. The maximum atomic E-state index is 13.7. The van der Waals surface area contributed by atoms with Crippen LogP contribution in [0.1, 0.15) is 10.4 Å². The number of nitrogens with one attached hydrogen (secondary N) is 1. The molecule has 18 heavy (non-hydrogen) atoms. The average molecular weight is 313 g/mol. The number of nitrogens with zero attached hydrogens (tertiary/aromatic N) is 2. The first-order valence-electron chi connectivity index (χ1n) is 5.03. The van der Waals surface area contributed by atoms with Gasteiger partial charge in [0.1, 0.15) is 5.82 Å². The molecule has 2 rings (SSSR count). The van der Waals surface area contributed by atoms with Crippen LogP contribution in [0, 0.1) is 5.82 Å². The highest BCUT2D eigenvalue weighted by Crippen LogP contribution is 2.21. The van der Waals surface area contributed by atoms with Gasteiger partial charge in [0, 0.05) is 7.05 Å². The molecule has 1 aromatic carbocycles. The Hall–Kier alpha value is -1.89. The minimum absolute atomic E-state index is 0.0648. The molecule has 0 aliphatic heterocycles. The molecule has 0 saturated heterocycles. The molecule has 1 aromatic heterocycles. The Labute approximate surface area is 111 Å². The molecule has 0 atom stereocenters. The summed E-state index contributed by atoms with van der Waals surface area (Å²) in [5.74, 6) is -0.862. The SMILES string of the molecule is Cn1ncc(N)c1NC(=O)c1cccc(Br)c1F. The van der Waals surface area contributed by atoms with Gasteiger partial charge in [0.15, 0.2) is 5.82 Å². The van der Waals surface area contributed by atoms with Gasteiger partial charge in [-0.25, -0.2) is 4.39 Å². The van der Waals surface area contributed by atoms with E-state index < -0.39 is 11.7 Å². The van der Waals surface area contributed by atoms with E-state index in [0.29, 0.717) is 11.5 Å². The maximum Gasteiger partial charge on any atom is 0.259 e. The third-order valence-electron chi connectivity index (χ3n) is 2.40. The van der Waals surface area contributed by atoms with Gasteiger partial charge < -0.3 is 11.1 Å². The molecule has 94 valence electrons. The monoisotopic (exact) mass is 312 g/mol. The van der Waals surface area contributed by atoms with E-state index in [0.717, 1.165) is 0 Å². The zero-order chi connectivity index (χ0) is 13.3. The molecule has 2 aromatic rings. The Bertz CT molecular complexity index is 592. The molecule has 0 bridgehead atoms. The lowest BCUT2D eigenvalue weighted by Crippen LogP contribution is -2.17. The van der Waals surface area contributed by atoms with Gasteiger partial charge in [-0.1, -0.05) is 6.07 Å². The molecule has 1 amide bonds. The van der Waals surface area contributed by atoms with Crippen molar-refractivity contribution in [2.24, 2.45) is 7.05 Å².